The molecule has 1 fully saturated rings. The Balaban J connectivity index is 2.05. The number of hydrogen-bond donors (Lipinski definition) is 1. The highest BCUT2D eigenvalue weighted by molar-refractivity contribution is 6.35. The summed E-state index contributed by atoms with van der Waals surface area (Å²) in [6.07, 6.45) is 1.20. The van der Waals surface area contributed by atoms with Gasteiger partial charge in [0.05, 0.1) is 0 Å². The molecule has 3 unspecified atom stereocenters. The van der Waals surface area contributed by atoms with Crippen LogP contribution in [0, 0.1) is 5.92 Å². The SMILES string of the molecule is CCNC1CCN(C(C)c2ccc(Cl)cc2Cl)CC1C. The lowest BCUT2D eigenvalue weighted by atomic mass is 9.92. The van der Waals surface area contributed by atoms with Crippen molar-refractivity contribution >= 4 is 23.2 Å². The molecule has 1 N–H and O–H groups in total. The molecule has 2 rings (SSSR count). The molecule has 0 spiro atoms. The molecule has 3 atom stereocenters. The first kappa shape index (κ1) is 16.1. The molecule has 2 nitrogen and oxygen atoms in total. The summed E-state index contributed by atoms with van der Waals surface area (Å²) in [6.45, 7) is 10.0. The largest absolute Gasteiger partial charge is 0.314 e. The summed E-state index contributed by atoms with van der Waals surface area (Å²) in [4.78, 5) is 2.52. The Bertz CT molecular complexity index is 450. The second-order valence-corrected chi connectivity index (χ2v) is 6.61. The second-order valence-electron chi connectivity index (χ2n) is 5.77. The van der Waals surface area contributed by atoms with E-state index in [1.54, 1.807) is 0 Å². The van der Waals surface area contributed by atoms with Crippen molar-refractivity contribution in [3.63, 3.8) is 0 Å². The molecule has 0 radical (unpaired) electrons. The monoisotopic (exact) mass is 314 g/mol. The molecule has 20 heavy (non-hydrogen) atoms. The zero-order valence-corrected chi connectivity index (χ0v) is 14.0. The fraction of sp³-hybridized carbons (Fsp3) is 0.625. The van der Waals surface area contributed by atoms with Crippen LogP contribution < -0.4 is 5.32 Å². The second kappa shape index (κ2) is 7.13. The average Bonchev–Trinajstić information content (AvgIpc) is 2.40. The van der Waals surface area contributed by atoms with Crippen molar-refractivity contribution in [2.24, 2.45) is 5.92 Å². The smallest absolute Gasteiger partial charge is 0.0468 e. The van der Waals surface area contributed by atoms with Crippen molar-refractivity contribution in [3.05, 3.63) is 33.8 Å². The first-order valence-corrected chi connectivity index (χ1v) is 8.21. The minimum atomic E-state index is 0.338. The maximum Gasteiger partial charge on any atom is 0.0468 e. The lowest BCUT2D eigenvalue weighted by Gasteiger charge is -2.40. The van der Waals surface area contributed by atoms with E-state index in [9.17, 15) is 0 Å². The summed E-state index contributed by atoms with van der Waals surface area (Å²) >= 11 is 12.3. The number of nitrogens with one attached hydrogen (secondary N) is 1. The Morgan fingerprint density at radius 3 is 2.75 bits per heavy atom. The van der Waals surface area contributed by atoms with E-state index < -0.39 is 0 Å². The summed E-state index contributed by atoms with van der Waals surface area (Å²) in [6, 6.07) is 6.79. The van der Waals surface area contributed by atoms with Crippen LogP contribution in [0.4, 0.5) is 0 Å². The fourth-order valence-corrected chi connectivity index (χ4v) is 3.70. The number of piperidine rings is 1. The summed E-state index contributed by atoms with van der Waals surface area (Å²) < 4.78 is 0. The normalized spacial score (nSPS) is 25.6. The van der Waals surface area contributed by atoms with Gasteiger partial charge in [-0.25, -0.2) is 0 Å². The van der Waals surface area contributed by atoms with Gasteiger partial charge in [0.25, 0.3) is 0 Å². The lowest BCUT2D eigenvalue weighted by Crippen LogP contribution is -2.48. The van der Waals surface area contributed by atoms with Gasteiger partial charge in [-0.05, 0) is 43.5 Å². The third-order valence-electron chi connectivity index (χ3n) is 4.36. The minimum absolute atomic E-state index is 0.338. The van der Waals surface area contributed by atoms with Gasteiger partial charge in [-0.15, -0.1) is 0 Å². The van der Waals surface area contributed by atoms with Crippen molar-refractivity contribution in [1.82, 2.24) is 10.2 Å². The van der Waals surface area contributed by atoms with E-state index in [2.05, 4.69) is 37.1 Å². The van der Waals surface area contributed by atoms with Crippen LogP contribution in [0.3, 0.4) is 0 Å². The van der Waals surface area contributed by atoms with E-state index in [0.29, 0.717) is 23.0 Å². The van der Waals surface area contributed by atoms with Gasteiger partial charge in [-0.3, -0.25) is 4.90 Å². The molecule has 112 valence electrons. The molecule has 4 heteroatoms. The topological polar surface area (TPSA) is 15.3 Å². The Hall–Kier alpha value is -0.280. The summed E-state index contributed by atoms with van der Waals surface area (Å²) in [5.41, 5.74) is 1.17. The standard InChI is InChI=1S/C16H24Cl2N2/c1-4-19-16-7-8-20(10-11(16)2)12(3)14-6-5-13(17)9-15(14)18/h5-6,9,11-12,16,19H,4,7-8,10H2,1-3H3. The molecule has 1 aromatic carbocycles. The Morgan fingerprint density at radius 2 is 2.15 bits per heavy atom. The molecule has 1 saturated heterocycles. The van der Waals surface area contributed by atoms with Gasteiger partial charge in [-0.2, -0.15) is 0 Å². The van der Waals surface area contributed by atoms with Gasteiger partial charge < -0.3 is 5.32 Å². The molecule has 0 bridgehead atoms. The zero-order valence-electron chi connectivity index (χ0n) is 12.5. The number of likely N-dealkylation sites (tertiary alicyclic amines) is 1. The predicted octanol–water partition coefficient (Wildman–Crippen LogP) is 4.37. The molecule has 1 aliphatic rings. The highest BCUT2D eigenvalue weighted by Crippen LogP contribution is 2.32. The zero-order chi connectivity index (χ0) is 14.7. The van der Waals surface area contributed by atoms with Gasteiger partial charge in [0.1, 0.15) is 0 Å². The van der Waals surface area contributed by atoms with Crippen LogP contribution in [0.5, 0.6) is 0 Å². The van der Waals surface area contributed by atoms with Crippen LogP contribution in [-0.4, -0.2) is 30.6 Å². The van der Waals surface area contributed by atoms with E-state index in [-0.39, 0.29) is 0 Å². The molecule has 1 aromatic rings. The van der Waals surface area contributed by atoms with E-state index in [0.717, 1.165) is 24.7 Å². The molecule has 0 aliphatic carbocycles. The van der Waals surface area contributed by atoms with Gasteiger partial charge in [-0.1, -0.05) is 43.1 Å². The van der Waals surface area contributed by atoms with Crippen molar-refractivity contribution in [3.8, 4) is 0 Å². The molecule has 0 amide bonds. The van der Waals surface area contributed by atoms with E-state index in [4.69, 9.17) is 23.2 Å². The molecular weight excluding hydrogens is 291 g/mol. The number of nitrogens with zero attached hydrogens (tertiary/aromatic N) is 1. The van der Waals surface area contributed by atoms with Crippen molar-refractivity contribution < 1.29 is 0 Å². The Kier molecular flexibility index (Phi) is 5.74. The Labute approximate surface area is 132 Å². The van der Waals surface area contributed by atoms with Crippen LogP contribution in [0.2, 0.25) is 10.0 Å². The summed E-state index contributed by atoms with van der Waals surface area (Å²) in [5, 5.41) is 5.05. The third kappa shape index (κ3) is 3.67. The number of benzene rings is 1. The van der Waals surface area contributed by atoms with Crippen LogP contribution in [0.25, 0.3) is 0 Å². The molecule has 1 heterocycles. The van der Waals surface area contributed by atoms with Crippen molar-refractivity contribution in [2.75, 3.05) is 19.6 Å². The maximum atomic E-state index is 6.33. The van der Waals surface area contributed by atoms with Crippen molar-refractivity contribution in [1.29, 1.82) is 0 Å². The molecule has 0 saturated carbocycles. The van der Waals surface area contributed by atoms with Gasteiger partial charge in [0, 0.05) is 35.2 Å². The van der Waals surface area contributed by atoms with Crippen LogP contribution >= 0.6 is 23.2 Å². The average molecular weight is 315 g/mol. The van der Waals surface area contributed by atoms with Gasteiger partial charge in [0.15, 0.2) is 0 Å². The summed E-state index contributed by atoms with van der Waals surface area (Å²) in [5.74, 6) is 0.664. The maximum absolute atomic E-state index is 6.33. The highest BCUT2D eigenvalue weighted by atomic mass is 35.5. The highest BCUT2D eigenvalue weighted by Gasteiger charge is 2.29. The first-order chi connectivity index (χ1) is 9.52. The van der Waals surface area contributed by atoms with E-state index in [1.165, 1.54) is 12.0 Å². The Morgan fingerprint density at radius 1 is 1.40 bits per heavy atom. The number of rotatable bonds is 4. The van der Waals surface area contributed by atoms with Crippen LogP contribution in [-0.2, 0) is 0 Å². The first-order valence-electron chi connectivity index (χ1n) is 7.45. The summed E-state index contributed by atoms with van der Waals surface area (Å²) in [7, 11) is 0. The molecular formula is C16H24Cl2N2. The van der Waals surface area contributed by atoms with Crippen molar-refractivity contribution in [2.45, 2.75) is 39.3 Å². The van der Waals surface area contributed by atoms with E-state index in [1.807, 2.05) is 12.1 Å². The van der Waals surface area contributed by atoms with Gasteiger partial charge >= 0.3 is 0 Å². The molecule has 0 aromatic heterocycles. The van der Waals surface area contributed by atoms with E-state index >= 15 is 0 Å². The van der Waals surface area contributed by atoms with Gasteiger partial charge in [0.2, 0.25) is 0 Å². The number of halogens is 2. The van der Waals surface area contributed by atoms with Crippen LogP contribution in [0.1, 0.15) is 38.8 Å². The quantitative estimate of drug-likeness (QED) is 0.887. The number of hydrogen-bond acceptors (Lipinski definition) is 2. The predicted molar refractivity (Wildman–Crippen MR) is 87.7 cm³/mol. The lowest BCUT2D eigenvalue weighted by molar-refractivity contribution is 0.112. The minimum Gasteiger partial charge on any atom is -0.314 e. The molecule has 1 aliphatic heterocycles. The third-order valence-corrected chi connectivity index (χ3v) is 4.93. The fourth-order valence-electron chi connectivity index (χ4n) is 3.13. The van der Waals surface area contributed by atoms with Crippen LogP contribution in [0.15, 0.2) is 18.2 Å².